The number of fused-ring (bicyclic) bond motifs is 1. The molecule has 0 unspecified atom stereocenters. The molecular formula is C26H26F2N2O2. The van der Waals surface area contributed by atoms with Gasteiger partial charge >= 0.3 is 0 Å². The second-order valence-electron chi connectivity index (χ2n) is 8.39. The van der Waals surface area contributed by atoms with Gasteiger partial charge in [0.25, 0.3) is 11.8 Å². The molecule has 32 heavy (non-hydrogen) atoms. The van der Waals surface area contributed by atoms with Crippen LogP contribution < -0.4 is 10.5 Å². The number of hydrogen-bond donors (Lipinski definition) is 1. The predicted octanol–water partition coefficient (Wildman–Crippen LogP) is 5.70. The van der Waals surface area contributed by atoms with E-state index in [0.29, 0.717) is 30.8 Å². The van der Waals surface area contributed by atoms with Crippen molar-refractivity contribution >= 4 is 11.6 Å². The number of nitrogen functional groups attached to an aromatic ring is 1. The number of nitrogens with two attached hydrogens (primary N) is 1. The highest BCUT2D eigenvalue weighted by Crippen LogP contribution is 2.32. The lowest BCUT2D eigenvalue weighted by Gasteiger charge is -2.21. The van der Waals surface area contributed by atoms with Crippen LogP contribution in [0.15, 0.2) is 54.6 Å². The summed E-state index contributed by atoms with van der Waals surface area (Å²) in [6.45, 7) is 5.56. The lowest BCUT2D eigenvalue weighted by Crippen LogP contribution is -2.32. The zero-order chi connectivity index (χ0) is 23.0. The molecular weight excluding hydrogens is 410 g/mol. The summed E-state index contributed by atoms with van der Waals surface area (Å²) in [6.07, 6.45) is 0. The molecule has 4 nitrogen and oxygen atoms in total. The molecule has 0 spiro atoms. The van der Waals surface area contributed by atoms with Crippen LogP contribution in [0.2, 0.25) is 0 Å². The summed E-state index contributed by atoms with van der Waals surface area (Å²) in [7, 11) is 0. The van der Waals surface area contributed by atoms with Gasteiger partial charge in [0.2, 0.25) is 0 Å². The number of alkyl halides is 2. The molecule has 3 aromatic rings. The molecule has 0 aromatic heterocycles. The Balaban J connectivity index is 1.62. The van der Waals surface area contributed by atoms with E-state index < -0.39 is 5.92 Å². The zero-order valence-corrected chi connectivity index (χ0v) is 18.4. The third kappa shape index (κ3) is 4.31. The van der Waals surface area contributed by atoms with Crippen molar-refractivity contribution in [2.45, 2.75) is 33.2 Å². The molecule has 1 aliphatic rings. The van der Waals surface area contributed by atoms with Crippen molar-refractivity contribution < 1.29 is 18.3 Å². The Morgan fingerprint density at radius 2 is 1.72 bits per heavy atom. The predicted molar refractivity (Wildman–Crippen MR) is 122 cm³/mol. The maximum atomic E-state index is 13.7. The summed E-state index contributed by atoms with van der Waals surface area (Å²) in [5, 5.41) is 0. The van der Waals surface area contributed by atoms with Crippen molar-refractivity contribution in [3.63, 3.8) is 0 Å². The van der Waals surface area contributed by atoms with E-state index >= 15 is 0 Å². The van der Waals surface area contributed by atoms with Gasteiger partial charge in [0, 0.05) is 35.8 Å². The number of benzene rings is 3. The third-order valence-electron chi connectivity index (χ3n) is 5.89. The van der Waals surface area contributed by atoms with Gasteiger partial charge in [0.15, 0.2) is 0 Å². The van der Waals surface area contributed by atoms with Crippen molar-refractivity contribution in [2.24, 2.45) is 0 Å². The quantitative estimate of drug-likeness (QED) is 0.536. The number of hydrogen-bond acceptors (Lipinski definition) is 3. The second-order valence-corrected chi connectivity index (χ2v) is 8.39. The number of amides is 1. The number of halogens is 2. The topological polar surface area (TPSA) is 55.6 Å². The van der Waals surface area contributed by atoms with Gasteiger partial charge in [-0.15, -0.1) is 0 Å². The Hall–Kier alpha value is -3.41. The molecule has 0 atom stereocenters. The van der Waals surface area contributed by atoms with Gasteiger partial charge < -0.3 is 15.4 Å². The first kappa shape index (κ1) is 21.8. The van der Waals surface area contributed by atoms with E-state index in [4.69, 9.17) is 10.5 Å². The van der Waals surface area contributed by atoms with Crippen molar-refractivity contribution in [1.29, 1.82) is 0 Å². The molecule has 0 saturated carbocycles. The van der Waals surface area contributed by atoms with Crippen LogP contribution >= 0.6 is 0 Å². The molecule has 6 heteroatoms. The van der Waals surface area contributed by atoms with E-state index in [-0.39, 0.29) is 11.5 Å². The summed E-state index contributed by atoms with van der Waals surface area (Å²) in [6, 6.07) is 16.2. The minimum Gasteiger partial charge on any atom is -0.491 e. The van der Waals surface area contributed by atoms with Crippen LogP contribution in [0.4, 0.5) is 14.5 Å². The molecule has 0 aliphatic carbocycles. The lowest BCUT2D eigenvalue weighted by atomic mass is 9.99. The van der Waals surface area contributed by atoms with E-state index in [1.165, 1.54) is 18.2 Å². The van der Waals surface area contributed by atoms with Gasteiger partial charge in [0.05, 0.1) is 6.54 Å². The fourth-order valence-corrected chi connectivity index (χ4v) is 4.04. The number of nitrogens with zero attached hydrogens (tertiary/aromatic N) is 1. The molecule has 1 heterocycles. The van der Waals surface area contributed by atoms with Crippen LogP contribution in [-0.2, 0) is 12.5 Å². The monoisotopic (exact) mass is 436 g/mol. The number of carbonyl (C=O) groups is 1. The van der Waals surface area contributed by atoms with Crippen LogP contribution in [0.25, 0.3) is 11.1 Å². The Morgan fingerprint density at radius 1 is 1.00 bits per heavy atom. The van der Waals surface area contributed by atoms with Crippen LogP contribution in [0.1, 0.15) is 39.5 Å². The number of aryl methyl sites for hydroxylation is 2. The molecule has 3 aromatic carbocycles. The minimum absolute atomic E-state index is 0.0689. The van der Waals surface area contributed by atoms with E-state index in [9.17, 15) is 13.6 Å². The highest BCUT2D eigenvalue weighted by atomic mass is 19.3. The smallest absolute Gasteiger partial charge is 0.270 e. The average Bonchev–Trinajstić information content (AvgIpc) is 2.96. The number of rotatable bonds is 3. The van der Waals surface area contributed by atoms with E-state index in [1.54, 1.807) is 11.8 Å². The van der Waals surface area contributed by atoms with Crippen molar-refractivity contribution in [2.75, 3.05) is 18.9 Å². The molecule has 0 bridgehead atoms. The first-order valence-corrected chi connectivity index (χ1v) is 10.5. The van der Waals surface area contributed by atoms with Gasteiger partial charge in [-0.1, -0.05) is 24.3 Å². The number of ether oxygens (including phenoxy) is 1. The van der Waals surface area contributed by atoms with Gasteiger partial charge in [0.1, 0.15) is 12.4 Å². The highest BCUT2D eigenvalue weighted by Gasteiger charge is 2.28. The summed E-state index contributed by atoms with van der Waals surface area (Å²) >= 11 is 0. The highest BCUT2D eigenvalue weighted by molar-refractivity contribution is 5.94. The Bertz CT molecular complexity index is 1180. The first-order chi connectivity index (χ1) is 15.1. The molecule has 0 fully saturated rings. The van der Waals surface area contributed by atoms with Gasteiger partial charge in [-0.25, -0.2) is 8.78 Å². The van der Waals surface area contributed by atoms with E-state index in [1.807, 2.05) is 43.3 Å². The molecule has 1 amide bonds. The van der Waals surface area contributed by atoms with Gasteiger partial charge in [-0.2, -0.15) is 0 Å². The molecule has 166 valence electrons. The van der Waals surface area contributed by atoms with Crippen molar-refractivity contribution in [3.05, 3.63) is 82.4 Å². The number of anilines is 1. The van der Waals surface area contributed by atoms with Gasteiger partial charge in [-0.3, -0.25) is 4.79 Å². The maximum Gasteiger partial charge on any atom is 0.270 e. The standard InChI is InChI=1S/C26H26F2N2O2/c1-16-4-5-19(14-23(16)29)18-7-9-24-21(13-18)15-30(10-11-32-24)25(31)20-6-8-22(17(2)12-20)26(3,27)28/h4-9,12-14H,10-11,15,29H2,1-3H3. The third-order valence-corrected chi connectivity index (χ3v) is 5.89. The average molecular weight is 437 g/mol. The minimum atomic E-state index is -2.95. The second kappa shape index (κ2) is 8.26. The zero-order valence-electron chi connectivity index (χ0n) is 18.4. The molecule has 4 rings (SSSR count). The Morgan fingerprint density at radius 3 is 2.41 bits per heavy atom. The Kier molecular flexibility index (Phi) is 5.63. The first-order valence-electron chi connectivity index (χ1n) is 10.5. The fourth-order valence-electron chi connectivity index (χ4n) is 4.04. The van der Waals surface area contributed by atoms with E-state index in [0.717, 1.165) is 40.6 Å². The van der Waals surface area contributed by atoms with Crippen molar-refractivity contribution in [1.82, 2.24) is 4.90 Å². The lowest BCUT2D eigenvalue weighted by molar-refractivity contribution is 0.0167. The van der Waals surface area contributed by atoms with Crippen LogP contribution in [0.3, 0.4) is 0 Å². The largest absolute Gasteiger partial charge is 0.491 e. The number of carbonyl (C=O) groups excluding carboxylic acids is 1. The fraction of sp³-hybridized carbons (Fsp3) is 0.269. The summed E-state index contributed by atoms with van der Waals surface area (Å²) in [5.41, 5.74) is 11.4. The Labute approximate surface area is 186 Å². The van der Waals surface area contributed by atoms with Crippen LogP contribution in [-0.4, -0.2) is 24.0 Å². The SMILES string of the molecule is Cc1ccc(-c2ccc3c(c2)CN(C(=O)c2ccc(C(C)(F)F)c(C)c2)CCO3)cc1N. The van der Waals surface area contributed by atoms with Crippen molar-refractivity contribution in [3.8, 4) is 16.9 Å². The maximum absolute atomic E-state index is 13.7. The molecule has 2 N–H and O–H groups in total. The van der Waals surface area contributed by atoms with E-state index in [2.05, 4.69) is 0 Å². The van der Waals surface area contributed by atoms with Crippen LogP contribution in [0, 0.1) is 13.8 Å². The van der Waals surface area contributed by atoms with Crippen LogP contribution in [0.5, 0.6) is 5.75 Å². The molecule has 0 saturated heterocycles. The summed E-state index contributed by atoms with van der Waals surface area (Å²) < 4.78 is 33.3. The normalized spacial score (nSPS) is 13.8. The summed E-state index contributed by atoms with van der Waals surface area (Å²) in [4.78, 5) is 14.9. The molecule has 1 aliphatic heterocycles. The summed E-state index contributed by atoms with van der Waals surface area (Å²) in [5.74, 6) is -2.42. The molecule has 0 radical (unpaired) electrons. The van der Waals surface area contributed by atoms with Gasteiger partial charge in [-0.05, 0) is 66.4 Å².